The van der Waals surface area contributed by atoms with E-state index in [-0.39, 0.29) is 11.9 Å². The second-order valence-electron chi connectivity index (χ2n) is 4.53. The van der Waals surface area contributed by atoms with Gasteiger partial charge in [0.05, 0.1) is 6.54 Å². The topological polar surface area (TPSA) is 58.4 Å². The third kappa shape index (κ3) is 4.13. The summed E-state index contributed by atoms with van der Waals surface area (Å²) < 4.78 is 0. The summed E-state index contributed by atoms with van der Waals surface area (Å²) in [5, 5.41) is 2.79. The van der Waals surface area contributed by atoms with Gasteiger partial charge in [0.2, 0.25) is 5.91 Å². The molecule has 0 aliphatic rings. The number of nitrogens with zero attached hydrogens (tertiary/aromatic N) is 1. The Kier molecular flexibility index (Phi) is 5.82. The first-order valence-electron chi connectivity index (χ1n) is 6.32. The molecule has 0 aromatic heterocycles. The fourth-order valence-electron chi connectivity index (χ4n) is 1.95. The van der Waals surface area contributed by atoms with Crippen LogP contribution in [0.3, 0.4) is 0 Å². The van der Waals surface area contributed by atoms with E-state index >= 15 is 0 Å². The highest BCUT2D eigenvalue weighted by atomic mass is 16.2. The van der Waals surface area contributed by atoms with E-state index < -0.39 is 0 Å². The molecule has 0 aliphatic heterocycles. The number of benzene rings is 1. The quantitative estimate of drug-likeness (QED) is 0.792. The predicted octanol–water partition coefficient (Wildman–Crippen LogP) is 1.06. The molecule has 1 aromatic rings. The van der Waals surface area contributed by atoms with Crippen LogP contribution in [0.2, 0.25) is 0 Å². The zero-order chi connectivity index (χ0) is 13.5. The summed E-state index contributed by atoms with van der Waals surface area (Å²) in [7, 11) is 1.92. The lowest BCUT2D eigenvalue weighted by molar-refractivity contribution is -0.122. The SMILES string of the molecule is CCNC(=O)CN(C)C(CN)c1ccc(C)cc1. The van der Waals surface area contributed by atoms with Crippen molar-refractivity contribution in [2.75, 3.05) is 26.7 Å². The van der Waals surface area contributed by atoms with E-state index in [9.17, 15) is 4.79 Å². The average molecular weight is 249 g/mol. The van der Waals surface area contributed by atoms with Crippen LogP contribution < -0.4 is 11.1 Å². The number of nitrogens with two attached hydrogens (primary N) is 1. The number of aryl methyl sites for hydroxylation is 1. The van der Waals surface area contributed by atoms with Crippen LogP contribution in [0.25, 0.3) is 0 Å². The third-order valence-electron chi connectivity index (χ3n) is 2.98. The summed E-state index contributed by atoms with van der Waals surface area (Å²) in [4.78, 5) is 13.5. The highest BCUT2D eigenvalue weighted by Gasteiger charge is 2.17. The van der Waals surface area contributed by atoms with Gasteiger partial charge in [-0.1, -0.05) is 29.8 Å². The van der Waals surface area contributed by atoms with Gasteiger partial charge in [-0.15, -0.1) is 0 Å². The van der Waals surface area contributed by atoms with Gasteiger partial charge in [-0.2, -0.15) is 0 Å². The molecule has 1 atom stereocenters. The smallest absolute Gasteiger partial charge is 0.234 e. The molecule has 0 aliphatic carbocycles. The van der Waals surface area contributed by atoms with Gasteiger partial charge in [-0.25, -0.2) is 0 Å². The molecular formula is C14H23N3O. The Bertz CT molecular complexity index is 375. The van der Waals surface area contributed by atoms with Crippen LogP contribution in [0.4, 0.5) is 0 Å². The van der Waals surface area contributed by atoms with Gasteiger partial charge in [-0.3, -0.25) is 9.69 Å². The van der Waals surface area contributed by atoms with Gasteiger partial charge in [0.1, 0.15) is 0 Å². The number of carbonyl (C=O) groups is 1. The van der Waals surface area contributed by atoms with E-state index in [0.717, 1.165) is 5.56 Å². The van der Waals surface area contributed by atoms with Crippen molar-refractivity contribution in [2.24, 2.45) is 5.73 Å². The van der Waals surface area contributed by atoms with Crippen LogP contribution in [0.15, 0.2) is 24.3 Å². The number of nitrogens with one attached hydrogen (secondary N) is 1. The summed E-state index contributed by atoms with van der Waals surface area (Å²) in [6.07, 6.45) is 0. The average Bonchev–Trinajstić information content (AvgIpc) is 2.32. The summed E-state index contributed by atoms with van der Waals surface area (Å²) >= 11 is 0. The van der Waals surface area contributed by atoms with Gasteiger partial charge in [0.15, 0.2) is 0 Å². The number of carbonyl (C=O) groups excluding carboxylic acids is 1. The zero-order valence-electron chi connectivity index (χ0n) is 11.4. The molecular weight excluding hydrogens is 226 g/mol. The Morgan fingerprint density at radius 3 is 2.50 bits per heavy atom. The largest absolute Gasteiger partial charge is 0.355 e. The Morgan fingerprint density at radius 1 is 1.39 bits per heavy atom. The number of hydrogen-bond acceptors (Lipinski definition) is 3. The second-order valence-corrected chi connectivity index (χ2v) is 4.53. The van der Waals surface area contributed by atoms with Gasteiger partial charge >= 0.3 is 0 Å². The molecule has 1 amide bonds. The Hall–Kier alpha value is -1.39. The fraction of sp³-hybridized carbons (Fsp3) is 0.500. The van der Waals surface area contributed by atoms with Crippen LogP contribution in [0, 0.1) is 6.92 Å². The first-order chi connectivity index (χ1) is 8.58. The summed E-state index contributed by atoms with van der Waals surface area (Å²) in [6, 6.07) is 8.35. The molecule has 1 unspecified atom stereocenters. The first-order valence-corrected chi connectivity index (χ1v) is 6.32. The highest BCUT2D eigenvalue weighted by molar-refractivity contribution is 5.77. The molecule has 0 heterocycles. The predicted molar refractivity (Wildman–Crippen MR) is 74.3 cm³/mol. The van der Waals surface area contributed by atoms with Crippen LogP contribution in [0.1, 0.15) is 24.1 Å². The van der Waals surface area contributed by atoms with E-state index in [1.807, 2.05) is 18.9 Å². The van der Waals surface area contributed by atoms with Crippen molar-refractivity contribution < 1.29 is 4.79 Å². The van der Waals surface area contributed by atoms with Gasteiger partial charge in [-0.05, 0) is 26.5 Å². The number of hydrogen-bond donors (Lipinski definition) is 2. The van der Waals surface area contributed by atoms with Crippen molar-refractivity contribution in [3.05, 3.63) is 35.4 Å². The zero-order valence-corrected chi connectivity index (χ0v) is 11.4. The lowest BCUT2D eigenvalue weighted by Gasteiger charge is -2.26. The maximum Gasteiger partial charge on any atom is 0.234 e. The second kappa shape index (κ2) is 7.13. The molecule has 1 aromatic carbocycles. The molecule has 4 heteroatoms. The van der Waals surface area contributed by atoms with Gasteiger partial charge in [0, 0.05) is 19.1 Å². The van der Waals surface area contributed by atoms with Gasteiger partial charge < -0.3 is 11.1 Å². The summed E-state index contributed by atoms with van der Waals surface area (Å²) in [5.74, 6) is 0.0329. The Labute approximate surface area is 109 Å². The molecule has 0 spiro atoms. The molecule has 0 radical (unpaired) electrons. The summed E-state index contributed by atoms with van der Waals surface area (Å²) in [6.45, 7) is 5.49. The molecule has 100 valence electrons. The Morgan fingerprint density at radius 2 is 2.00 bits per heavy atom. The normalized spacial score (nSPS) is 12.5. The fourth-order valence-corrected chi connectivity index (χ4v) is 1.95. The van der Waals surface area contributed by atoms with Gasteiger partial charge in [0.25, 0.3) is 0 Å². The number of rotatable bonds is 6. The molecule has 0 saturated heterocycles. The van der Waals surface area contributed by atoms with Crippen molar-refractivity contribution in [3.8, 4) is 0 Å². The standard InChI is InChI=1S/C14H23N3O/c1-4-16-14(18)10-17(3)13(9-15)12-7-5-11(2)6-8-12/h5-8,13H,4,9-10,15H2,1-3H3,(H,16,18). The van der Waals surface area contributed by atoms with Crippen LogP contribution in [0.5, 0.6) is 0 Å². The van der Waals surface area contributed by atoms with Crippen molar-refractivity contribution in [1.82, 2.24) is 10.2 Å². The number of amides is 1. The molecule has 0 saturated carbocycles. The third-order valence-corrected chi connectivity index (χ3v) is 2.98. The molecule has 3 N–H and O–H groups in total. The minimum atomic E-state index is 0.0329. The van der Waals surface area contributed by atoms with E-state index in [0.29, 0.717) is 19.6 Å². The van der Waals surface area contributed by atoms with Crippen LogP contribution in [-0.2, 0) is 4.79 Å². The van der Waals surface area contributed by atoms with Crippen molar-refractivity contribution >= 4 is 5.91 Å². The van der Waals surface area contributed by atoms with Crippen molar-refractivity contribution in [1.29, 1.82) is 0 Å². The molecule has 18 heavy (non-hydrogen) atoms. The monoisotopic (exact) mass is 249 g/mol. The lowest BCUT2D eigenvalue weighted by atomic mass is 10.0. The minimum Gasteiger partial charge on any atom is -0.355 e. The lowest BCUT2D eigenvalue weighted by Crippen LogP contribution is -2.39. The molecule has 4 nitrogen and oxygen atoms in total. The van der Waals surface area contributed by atoms with E-state index in [2.05, 4.69) is 36.5 Å². The number of likely N-dealkylation sites (N-methyl/N-ethyl adjacent to an activating group) is 2. The maximum atomic E-state index is 11.6. The maximum absolute atomic E-state index is 11.6. The van der Waals surface area contributed by atoms with Crippen LogP contribution in [-0.4, -0.2) is 37.5 Å². The minimum absolute atomic E-state index is 0.0329. The molecule has 1 rings (SSSR count). The molecule has 0 bridgehead atoms. The Balaban J connectivity index is 2.70. The van der Waals surface area contributed by atoms with E-state index in [1.165, 1.54) is 5.56 Å². The molecule has 0 fully saturated rings. The van der Waals surface area contributed by atoms with Crippen LogP contribution >= 0.6 is 0 Å². The summed E-state index contributed by atoms with van der Waals surface area (Å²) in [5.41, 5.74) is 8.19. The first kappa shape index (κ1) is 14.7. The highest BCUT2D eigenvalue weighted by Crippen LogP contribution is 2.18. The van der Waals surface area contributed by atoms with E-state index in [1.54, 1.807) is 0 Å². The van der Waals surface area contributed by atoms with Crippen molar-refractivity contribution in [2.45, 2.75) is 19.9 Å². The van der Waals surface area contributed by atoms with Crippen molar-refractivity contribution in [3.63, 3.8) is 0 Å². The van der Waals surface area contributed by atoms with E-state index in [4.69, 9.17) is 5.73 Å².